The largest absolute Gasteiger partial charge is 0.370 e. The van der Waals surface area contributed by atoms with Gasteiger partial charge in [-0.3, -0.25) is 9.69 Å². The molecule has 1 aromatic heterocycles. The van der Waals surface area contributed by atoms with E-state index in [1.54, 1.807) is 12.3 Å². The number of benzene rings is 1. The van der Waals surface area contributed by atoms with Crippen molar-refractivity contribution in [1.29, 1.82) is 5.26 Å². The Hall–Kier alpha value is -2.91. The van der Waals surface area contributed by atoms with Crippen LogP contribution in [0.15, 0.2) is 48.7 Å². The summed E-state index contributed by atoms with van der Waals surface area (Å²) < 4.78 is 0. The van der Waals surface area contributed by atoms with Crippen LogP contribution in [-0.4, -0.2) is 42.0 Å². The predicted octanol–water partition coefficient (Wildman–Crippen LogP) is 2.00. The summed E-state index contributed by atoms with van der Waals surface area (Å²) in [4.78, 5) is 18.5. The van der Waals surface area contributed by atoms with Gasteiger partial charge >= 0.3 is 0 Å². The smallest absolute Gasteiger partial charge is 0.234 e. The van der Waals surface area contributed by atoms with Gasteiger partial charge in [0.05, 0.1) is 12.1 Å². The second-order valence-electron chi connectivity index (χ2n) is 6.58. The molecule has 1 aliphatic heterocycles. The Kier molecular flexibility index (Phi) is 6.18. The Morgan fingerprint density at radius 1 is 1.27 bits per heavy atom. The van der Waals surface area contributed by atoms with Gasteiger partial charge < -0.3 is 10.6 Å². The molecule has 1 saturated heterocycles. The minimum absolute atomic E-state index is 0.0659. The van der Waals surface area contributed by atoms with Gasteiger partial charge in [-0.25, -0.2) is 4.98 Å². The van der Waals surface area contributed by atoms with Gasteiger partial charge in [-0.15, -0.1) is 0 Å². The van der Waals surface area contributed by atoms with Gasteiger partial charge in [-0.1, -0.05) is 30.3 Å². The number of nitrogens with zero attached hydrogens (tertiary/aromatic N) is 3. The number of hydrogen-bond acceptors (Lipinski definition) is 5. The van der Waals surface area contributed by atoms with E-state index in [0.717, 1.165) is 37.4 Å². The van der Waals surface area contributed by atoms with Gasteiger partial charge in [-0.2, -0.15) is 5.26 Å². The molecule has 1 aromatic carbocycles. The summed E-state index contributed by atoms with van der Waals surface area (Å²) in [6.07, 6.45) is 2.63. The van der Waals surface area contributed by atoms with Crippen LogP contribution in [0.3, 0.4) is 0 Å². The highest BCUT2D eigenvalue weighted by atomic mass is 16.2. The molecule has 2 N–H and O–H groups in total. The fourth-order valence-corrected chi connectivity index (χ4v) is 3.09. The van der Waals surface area contributed by atoms with Crippen LogP contribution in [0.1, 0.15) is 17.5 Å². The molecule has 0 bridgehead atoms. The van der Waals surface area contributed by atoms with Crippen molar-refractivity contribution in [2.45, 2.75) is 13.0 Å². The number of carbonyl (C=O) groups is 1. The van der Waals surface area contributed by atoms with Crippen LogP contribution >= 0.6 is 0 Å². The highest BCUT2D eigenvalue weighted by Crippen LogP contribution is 2.16. The van der Waals surface area contributed by atoms with Crippen molar-refractivity contribution in [3.63, 3.8) is 0 Å². The first kappa shape index (κ1) is 17.9. The number of rotatable bonds is 7. The van der Waals surface area contributed by atoms with Crippen LogP contribution in [0.25, 0.3) is 0 Å². The van der Waals surface area contributed by atoms with Gasteiger partial charge in [0.1, 0.15) is 11.9 Å². The van der Waals surface area contributed by atoms with E-state index in [9.17, 15) is 4.79 Å². The van der Waals surface area contributed by atoms with Gasteiger partial charge in [0.15, 0.2) is 0 Å². The molecule has 6 nitrogen and oxygen atoms in total. The Morgan fingerprint density at radius 3 is 2.85 bits per heavy atom. The highest BCUT2D eigenvalue weighted by Gasteiger charge is 2.23. The molecule has 26 heavy (non-hydrogen) atoms. The molecular weight excluding hydrogens is 326 g/mol. The van der Waals surface area contributed by atoms with E-state index >= 15 is 0 Å². The summed E-state index contributed by atoms with van der Waals surface area (Å²) in [5.74, 6) is 1.34. The molecule has 1 aliphatic rings. The fourth-order valence-electron chi connectivity index (χ4n) is 3.09. The second-order valence-corrected chi connectivity index (χ2v) is 6.58. The summed E-state index contributed by atoms with van der Waals surface area (Å²) in [5, 5.41) is 15.1. The topological polar surface area (TPSA) is 81.0 Å². The van der Waals surface area contributed by atoms with E-state index in [-0.39, 0.29) is 5.91 Å². The second kappa shape index (κ2) is 8.97. The minimum Gasteiger partial charge on any atom is -0.370 e. The van der Waals surface area contributed by atoms with Crippen LogP contribution in [0, 0.1) is 17.2 Å². The zero-order valence-electron chi connectivity index (χ0n) is 14.7. The van der Waals surface area contributed by atoms with E-state index < -0.39 is 0 Å². The van der Waals surface area contributed by atoms with Crippen molar-refractivity contribution < 1.29 is 4.79 Å². The van der Waals surface area contributed by atoms with Gasteiger partial charge in [0, 0.05) is 25.8 Å². The lowest BCUT2D eigenvalue weighted by Crippen LogP contribution is -2.36. The first-order valence-corrected chi connectivity index (χ1v) is 8.86. The molecule has 2 heterocycles. The van der Waals surface area contributed by atoms with Crippen LogP contribution in [-0.2, 0) is 11.3 Å². The molecule has 0 spiro atoms. The third kappa shape index (κ3) is 5.30. The maximum atomic E-state index is 12.1. The highest BCUT2D eigenvalue weighted by molar-refractivity contribution is 5.78. The number of anilines is 1. The van der Waals surface area contributed by atoms with E-state index in [0.29, 0.717) is 24.6 Å². The Labute approximate surface area is 153 Å². The Morgan fingerprint density at radius 2 is 2.12 bits per heavy atom. The summed E-state index contributed by atoms with van der Waals surface area (Å²) in [7, 11) is 0. The molecule has 0 saturated carbocycles. The first-order valence-electron chi connectivity index (χ1n) is 8.86. The Bertz CT molecular complexity index is 754. The molecule has 1 atom stereocenters. The van der Waals surface area contributed by atoms with Crippen LogP contribution in [0.5, 0.6) is 0 Å². The lowest BCUT2D eigenvalue weighted by atomic mass is 10.1. The average Bonchev–Trinajstić information content (AvgIpc) is 3.13. The van der Waals surface area contributed by atoms with Crippen molar-refractivity contribution in [2.75, 3.05) is 31.5 Å². The number of likely N-dealkylation sites (tertiary alicyclic amines) is 1. The zero-order chi connectivity index (χ0) is 18.2. The van der Waals surface area contributed by atoms with Gasteiger partial charge in [0.2, 0.25) is 5.91 Å². The van der Waals surface area contributed by atoms with Crippen molar-refractivity contribution in [3.05, 3.63) is 59.8 Å². The third-order valence-corrected chi connectivity index (χ3v) is 4.53. The number of nitrogens with one attached hydrogen (secondary N) is 2. The Balaban J connectivity index is 1.36. The van der Waals surface area contributed by atoms with Crippen molar-refractivity contribution in [1.82, 2.24) is 15.2 Å². The maximum Gasteiger partial charge on any atom is 0.234 e. The normalized spacial score (nSPS) is 16.8. The summed E-state index contributed by atoms with van der Waals surface area (Å²) in [6, 6.07) is 15.6. The average molecular weight is 349 g/mol. The number of amides is 1. The molecule has 1 fully saturated rings. The minimum atomic E-state index is 0.0659. The van der Waals surface area contributed by atoms with Gasteiger partial charge in [-0.05, 0) is 36.6 Å². The molecule has 2 aromatic rings. The van der Waals surface area contributed by atoms with E-state index in [1.807, 2.05) is 36.4 Å². The molecule has 1 unspecified atom stereocenters. The maximum absolute atomic E-state index is 12.1. The zero-order valence-corrected chi connectivity index (χ0v) is 14.7. The number of pyridine rings is 1. The van der Waals surface area contributed by atoms with E-state index in [4.69, 9.17) is 5.26 Å². The van der Waals surface area contributed by atoms with Crippen LogP contribution < -0.4 is 10.6 Å². The van der Waals surface area contributed by atoms with Gasteiger partial charge in [0.25, 0.3) is 0 Å². The quantitative estimate of drug-likeness (QED) is 0.799. The van der Waals surface area contributed by atoms with Crippen molar-refractivity contribution >= 4 is 11.7 Å². The molecule has 0 aliphatic carbocycles. The van der Waals surface area contributed by atoms with Crippen molar-refractivity contribution in [2.24, 2.45) is 5.92 Å². The first-order chi connectivity index (χ1) is 12.7. The number of nitriles is 1. The standard InChI is InChI=1S/C20H23N5O/c21-10-17-6-7-19(22-12-17)23-13-18-8-9-25(14-18)15-20(26)24-11-16-4-2-1-3-5-16/h1-7,12,18H,8-9,11,13-15H2,(H,22,23)(H,24,26). The van der Waals surface area contributed by atoms with E-state index in [2.05, 4.69) is 26.6 Å². The SMILES string of the molecule is N#Cc1ccc(NCC2CCN(CC(=O)NCc3ccccc3)C2)nc1. The summed E-state index contributed by atoms with van der Waals surface area (Å²) in [5.41, 5.74) is 1.67. The van der Waals surface area contributed by atoms with Crippen LogP contribution in [0.2, 0.25) is 0 Å². The molecule has 1 amide bonds. The number of hydrogen-bond donors (Lipinski definition) is 2. The fraction of sp³-hybridized carbons (Fsp3) is 0.350. The lowest BCUT2D eigenvalue weighted by molar-refractivity contribution is -0.122. The monoisotopic (exact) mass is 349 g/mol. The van der Waals surface area contributed by atoms with Crippen molar-refractivity contribution in [3.8, 4) is 6.07 Å². The summed E-state index contributed by atoms with van der Waals surface area (Å²) in [6.45, 7) is 3.68. The molecule has 0 radical (unpaired) electrons. The number of aromatic nitrogens is 1. The summed E-state index contributed by atoms with van der Waals surface area (Å²) >= 11 is 0. The van der Waals surface area contributed by atoms with E-state index in [1.165, 1.54) is 0 Å². The lowest BCUT2D eigenvalue weighted by Gasteiger charge is -2.16. The third-order valence-electron chi connectivity index (χ3n) is 4.53. The molecule has 134 valence electrons. The predicted molar refractivity (Wildman–Crippen MR) is 100 cm³/mol. The molecular formula is C20H23N5O. The molecule has 3 rings (SSSR count). The van der Waals surface area contributed by atoms with Crippen LogP contribution in [0.4, 0.5) is 5.82 Å². The number of carbonyl (C=O) groups excluding carboxylic acids is 1. The molecule has 6 heteroatoms.